The fourth-order valence-electron chi connectivity index (χ4n) is 3.80. The fourth-order valence-corrected chi connectivity index (χ4v) is 3.80. The summed E-state index contributed by atoms with van der Waals surface area (Å²) in [6.45, 7) is 0. The van der Waals surface area contributed by atoms with E-state index in [0.717, 1.165) is 36.5 Å². The molecule has 0 atom stereocenters. The van der Waals surface area contributed by atoms with Crippen molar-refractivity contribution in [1.82, 2.24) is 0 Å². The van der Waals surface area contributed by atoms with Gasteiger partial charge in [0.1, 0.15) is 6.29 Å². The van der Waals surface area contributed by atoms with Crippen LogP contribution in [0.5, 0.6) is 0 Å². The zero-order valence-electron chi connectivity index (χ0n) is 14.6. The van der Waals surface area contributed by atoms with Crippen molar-refractivity contribution in [3.8, 4) is 6.07 Å². The molecule has 1 fully saturated rings. The van der Waals surface area contributed by atoms with E-state index in [4.69, 9.17) is 5.26 Å². The van der Waals surface area contributed by atoms with Crippen molar-refractivity contribution in [2.24, 2.45) is 11.8 Å². The number of unbranched alkanes of at least 4 members (excludes halogenated alkanes) is 1. The van der Waals surface area contributed by atoms with Gasteiger partial charge in [-0.3, -0.25) is 4.79 Å². The lowest BCUT2D eigenvalue weighted by Gasteiger charge is -2.28. The number of nitrogens with zero attached hydrogens (tertiary/aromatic N) is 1. The van der Waals surface area contributed by atoms with Crippen LogP contribution in [-0.2, 0) is 11.2 Å². The maximum absolute atomic E-state index is 10.2. The third-order valence-corrected chi connectivity index (χ3v) is 5.33. The van der Waals surface area contributed by atoms with Crippen LogP contribution >= 0.6 is 0 Å². The Morgan fingerprint density at radius 3 is 2.29 bits per heavy atom. The van der Waals surface area contributed by atoms with Gasteiger partial charge < -0.3 is 0 Å². The van der Waals surface area contributed by atoms with E-state index in [-0.39, 0.29) is 0 Å². The summed E-state index contributed by atoms with van der Waals surface area (Å²) in [5, 5.41) is 8.81. The van der Waals surface area contributed by atoms with Gasteiger partial charge in [0.05, 0.1) is 11.6 Å². The van der Waals surface area contributed by atoms with E-state index in [1.165, 1.54) is 56.9 Å². The van der Waals surface area contributed by atoms with Crippen molar-refractivity contribution >= 4 is 6.29 Å². The molecule has 0 spiro atoms. The van der Waals surface area contributed by atoms with Crippen LogP contribution in [0.1, 0.15) is 68.9 Å². The molecule has 1 aliphatic carbocycles. The molecule has 2 heteroatoms. The summed E-state index contributed by atoms with van der Waals surface area (Å²) in [6.07, 6.45) is 17.4. The highest BCUT2D eigenvalue weighted by molar-refractivity contribution is 5.64. The van der Waals surface area contributed by atoms with E-state index in [0.29, 0.717) is 0 Å². The van der Waals surface area contributed by atoms with Crippen molar-refractivity contribution in [2.45, 2.75) is 64.2 Å². The largest absolute Gasteiger partial charge is 0.299 e. The smallest absolute Gasteiger partial charge is 0.142 e. The Balaban J connectivity index is 1.55. The Morgan fingerprint density at radius 2 is 1.67 bits per heavy atom. The summed E-state index contributed by atoms with van der Waals surface area (Å²) >= 11 is 0. The molecule has 24 heavy (non-hydrogen) atoms. The molecule has 0 amide bonds. The molecule has 2 rings (SSSR count). The van der Waals surface area contributed by atoms with Gasteiger partial charge in [-0.25, -0.2) is 0 Å². The van der Waals surface area contributed by atoms with Gasteiger partial charge in [0.15, 0.2) is 0 Å². The average Bonchev–Trinajstić information content (AvgIpc) is 2.64. The van der Waals surface area contributed by atoms with Crippen LogP contribution in [0.25, 0.3) is 0 Å². The number of allylic oxidation sites excluding steroid dienone is 2. The molecule has 2 nitrogen and oxygen atoms in total. The van der Waals surface area contributed by atoms with Crippen LogP contribution in [0.3, 0.4) is 0 Å². The lowest BCUT2D eigenvalue weighted by Crippen LogP contribution is -2.14. The Labute approximate surface area is 146 Å². The first-order chi connectivity index (χ1) is 11.8. The zero-order valence-corrected chi connectivity index (χ0v) is 14.6. The first kappa shape index (κ1) is 18.5. The number of hydrogen-bond donors (Lipinski definition) is 0. The van der Waals surface area contributed by atoms with E-state index in [1.54, 1.807) is 6.08 Å². The number of aryl methyl sites for hydroxylation is 1. The minimum Gasteiger partial charge on any atom is -0.299 e. The molecule has 0 unspecified atom stereocenters. The molecular formula is C22H29NO. The van der Waals surface area contributed by atoms with E-state index in [1.807, 2.05) is 18.2 Å². The monoisotopic (exact) mass is 323 g/mol. The molecule has 0 saturated heterocycles. The Morgan fingerprint density at radius 1 is 1.00 bits per heavy atom. The van der Waals surface area contributed by atoms with Crippen LogP contribution < -0.4 is 0 Å². The number of carbonyl (C=O) groups is 1. The Bertz CT molecular complexity index is 544. The van der Waals surface area contributed by atoms with Crippen LogP contribution in [0.2, 0.25) is 0 Å². The quantitative estimate of drug-likeness (QED) is 0.336. The molecule has 128 valence electrons. The van der Waals surface area contributed by atoms with Crippen LogP contribution in [-0.4, -0.2) is 6.29 Å². The van der Waals surface area contributed by atoms with E-state index >= 15 is 0 Å². The maximum atomic E-state index is 10.2. The lowest BCUT2D eigenvalue weighted by molar-refractivity contribution is -0.104. The molecule has 0 N–H and O–H groups in total. The predicted molar refractivity (Wildman–Crippen MR) is 98.6 cm³/mol. The van der Waals surface area contributed by atoms with Gasteiger partial charge in [0.25, 0.3) is 0 Å². The van der Waals surface area contributed by atoms with Crippen LogP contribution in [0.4, 0.5) is 0 Å². The Hall–Kier alpha value is -1.88. The highest BCUT2D eigenvalue weighted by Gasteiger charge is 2.20. The minimum absolute atomic E-state index is 0.747. The van der Waals surface area contributed by atoms with Crippen molar-refractivity contribution in [3.05, 3.63) is 47.5 Å². The summed E-state index contributed by atoms with van der Waals surface area (Å²) in [7, 11) is 0. The normalized spacial score (nSPS) is 20.8. The molecule has 1 aliphatic rings. The summed E-state index contributed by atoms with van der Waals surface area (Å²) in [4.78, 5) is 10.2. The number of nitriles is 1. The highest BCUT2D eigenvalue weighted by Crippen LogP contribution is 2.34. The van der Waals surface area contributed by atoms with E-state index in [2.05, 4.69) is 18.2 Å². The molecule has 0 heterocycles. The Kier molecular flexibility index (Phi) is 8.32. The van der Waals surface area contributed by atoms with Gasteiger partial charge in [-0.1, -0.05) is 56.7 Å². The molecule has 0 radical (unpaired) electrons. The summed E-state index contributed by atoms with van der Waals surface area (Å²) in [5.41, 5.74) is 2.10. The van der Waals surface area contributed by atoms with Gasteiger partial charge in [-0.2, -0.15) is 5.26 Å². The second-order valence-electron chi connectivity index (χ2n) is 7.08. The van der Waals surface area contributed by atoms with Crippen molar-refractivity contribution in [2.75, 3.05) is 0 Å². The second kappa shape index (κ2) is 10.8. The van der Waals surface area contributed by atoms with Crippen LogP contribution in [0.15, 0.2) is 36.4 Å². The third kappa shape index (κ3) is 6.71. The molecule has 0 aromatic heterocycles. The van der Waals surface area contributed by atoms with Crippen molar-refractivity contribution < 1.29 is 4.79 Å². The van der Waals surface area contributed by atoms with Gasteiger partial charge in [0.2, 0.25) is 0 Å². The molecule has 1 aromatic rings. The van der Waals surface area contributed by atoms with Gasteiger partial charge in [0, 0.05) is 0 Å². The second-order valence-corrected chi connectivity index (χ2v) is 7.08. The number of aldehydes is 1. The number of hydrogen-bond acceptors (Lipinski definition) is 2. The molecule has 0 bridgehead atoms. The van der Waals surface area contributed by atoms with Crippen molar-refractivity contribution in [3.63, 3.8) is 0 Å². The summed E-state index contributed by atoms with van der Waals surface area (Å²) in [6, 6.07) is 10.2. The van der Waals surface area contributed by atoms with E-state index < -0.39 is 0 Å². The SMILES string of the molecule is N#Cc1ccc(CCCC[C@H]2CC[C@H](CCC=CC=O)CC2)cc1. The first-order valence-electron chi connectivity index (χ1n) is 9.41. The van der Waals surface area contributed by atoms with Gasteiger partial charge >= 0.3 is 0 Å². The number of benzene rings is 1. The molecular weight excluding hydrogens is 294 g/mol. The van der Waals surface area contributed by atoms with Gasteiger partial charge in [-0.15, -0.1) is 0 Å². The average molecular weight is 323 g/mol. The molecule has 0 aliphatic heterocycles. The van der Waals surface area contributed by atoms with Crippen LogP contribution in [0, 0.1) is 23.2 Å². The maximum Gasteiger partial charge on any atom is 0.142 e. The third-order valence-electron chi connectivity index (χ3n) is 5.33. The predicted octanol–water partition coefficient (Wildman–Crippen LogP) is 5.61. The molecule has 1 saturated carbocycles. The van der Waals surface area contributed by atoms with Gasteiger partial charge in [-0.05, 0) is 61.3 Å². The summed E-state index contributed by atoms with van der Waals surface area (Å²) in [5.74, 6) is 1.80. The number of rotatable bonds is 9. The van der Waals surface area contributed by atoms with E-state index in [9.17, 15) is 4.79 Å². The van der Waals surface area contributed by atoms with Crippen molar-refractivity contribution in [1.29, 1.82) is 5.26 Å². The fraction of sp³-hybridized carbons (Fsp3) is 0.545. The topological polar surface area (TPSA) is 40.9 Å². The minimum atomic E-state index is 0.747. The molecule has 1 aromatic carbocycles. The summed E-state index contributed by atoms with van der Waals surface area (Å²) < 4.78 is 0. The highest BCUT2D eigenvalue weighted by atomic mass is 16.1. The zero-order chi connectivity index (χ0) is 17.0. The lowest BCUT2D eigenvalue weighted by atomic mass is 9.78. The first-order valence-corrected chi connectivity index (χ1v) is 9.41. The number of carbonyl (C=O) groups excluding carboxylic acids is 1. The standard InChI is InChI=1S/C22H29NO/c23-18-22-15-13-21(14-16-22)8-4-3-7-20-11-9-19(10-12-20)6-2-1-5-17-24/h1,5,13-17,19-20H,2-4,6-12H2/t19-,20-.